The second-order valence-electron chi connectivity index (χ2n) is 3.50. The third-order valence-corrected chi connectivity index (χ3v) is 2.22. The number of anilines is 2. The zero-order chi connectivity index (χ0) is 10.8. The first-order valence-electron chi connectivity index (χ1n) is 4.78. The molecule has 0 atom stereocenters. The monoisotopic (exact) mass is 207 g/mol. The Labute approximate surface area is 87.5 Å². The second kappa shape index (κ2) is 3.72. The van der Waals surface area contributed by atoms with Gasteiger partial charge in [-0.2, -0.15) is 4.98 Å². The number of piperazine rings is 1. The summed E-state index contributed by atoms with van der Waals surface area (Å²) >= 11 is 0. The molecule has 6 nitrogen and oxygen atoms in total. The van der Waals surface area contributed by atoms with E-state index in [1.807, 2.05) is 17.9 Å². The highest BCUT2D eigenvalue weighted by molar-refractivity contribution is 5.82. The lowest BCUT2D eigenvalue weighted by Gasteiger charge is -2.27. The molecular weight excluding hydrogens is 194 g/mol. The van der Waals surface area contributed by atoms with Crippen LogP contribution in [0.4, 0.5) is 11.8 Å². The first-order valence-corrected chi connectivity index (χ1v) is 4.78. The van der Waals surface area contributed by atoms with Gasteiger partial charge in [-0.05, 0) is 6.92 Å². The van der Waals surface area contributed by atoms with Crippen molar-refractivity contribution in [1.29, 1.82) is 0 Å². The number of aryl methyl sites for hydroxylation is 1. The summed E-state index contributed by atoms with van der Waals surface area (Å²) in [5, 5.41) is 2.76. The van der Waals surface area contributed by atoms with Crippen LogP contribution in [0.25, 0.3) is 0 Å². The average Bonchev–Trinajstić information content (AvgIpc) is 2.16. The number of amides is 1. The average molecular weight is 207 g/mol. The fourth-order valence-corrected chi connectivity index (χ4v) is 1.57. The van der Waals surface area contributed by atoms with Crippen molar-refractivity contribution >= 4 is 17.7 Å². The predicted molar refractivity (Wildman–Crippen MR) is 56.4 cm³/mol. The molecule has 0 bridgehead atoms. The molecule has 0 spiro atoms. The zero-order valence-electron chi connectivity index (χ0n) is 8.53. The molecule has 6 heteroatoms. The van der Waals surface area contributed by atoms with E-state index in [0.717, 1.165) is 18.1 Å². The van der Waals surface area contributed by atoms with Crippen LogP contribution in [-0.2, 0) is 4.79 Å². The van der Waals surface area contributed by atoms with Gasteiger partial charge in [0.25, 0.3) is 0 Å². The molecule has 1 aliphatic heterocycles. The van der Waals surface area contributed by atoms with Gasteiger partial charge in [-0.3, -0.25) is 4.79 Å². The Bertz CT molecular complexity index is 372. The standard InChI is InChI=1S/C9H13N5O/c1-6-4-7(13-9(10)12-6)14-3-2-11-8(15)5-14/h4H,2-3,5H2,1H3,(H,11,15)(H2,10,12,13). The normalized spacial score (nSPS) is 16.3. The quantitative estimate of drug-likeness (QED) is 0.636. The molecule has 0 aliphatic carbocycles. The van der Waals surface area contributed by atoms with E-state index in [-0.39, 0.29) is 11.9 Å². The molecule has 0 radical (unpaired) electrons. The van der Waals surface area contributed by atoms with Crippen molar-refractivity contribution in [1.82, 2.24) is 15.3 Å². The third-order valence-electron chi connectivity index (χ3n) is 2.22. The van der Waals surface area contributed by atoms with Gasteiger partial charge in [0, 0.05) is 24.8 Å². The number of aromatic nitrogens is 2. The van der Waals surface area contributed by atoms with Crippen LogP contribution in [0.2, 0.25) is 0 Å². The molecule has 2 rings (SSSR count). The van der Waals surface area contributed by atoms with E-state index in [9.17, 15) is 4.79 Å². The summed E-state index contributed by atoms with van der Waals surface area (Å²) in [6, 6.07) is 1.83. The molecule has 80 valence electrons. The number of rotatable bonds is 1. The van der Waals surface area contributed by atoms with Crippen molar-refractivity contribution in [3.8, 4) is 0 Å². The Balaban J connectivity index is 2.24. The molecule has 3 N–H and O–H groups in total. The van der Waals surface area contributed by atoms with Crippen molar-refractivity contribution in [2.45, 2.75) is 6.92 Å². The molecule has 1 fully saturated rings. The smallest absolute Gasteiger partial charge is 0.239 e. The van der Waals surface area contributed by atoms with Crippen molar-refractivity contribution in [2.75, 3.05) is 30.3 Å². The lowest BCUT2D eigenvalue weighted by Crippen LogP contribution is -2.48. The van der Waals surface area contributed by atoms with Crippen LogP contribution >= 0.6 is 0 Å². The van der Waals surface area contributed by atoms with E-state index in [1.165, 1.54) is 0 Å². The molecule has 1 amide bonds. The van der Waals surface area contributed by atoms with Gasteiger partial charge in [0.1, 0.15) is 5.82 Å². The molecule has 2 heterocycles. The van der Waals surface area contributed by atoms with E-state index in [1.54, 1.807) is 0 Å². The number of nitrogens with one attached hydrogen (secondary N) is 1. The van der Waals surface area contributed by atoms with E-state index in [0.29, 0.717) is 13.1 Å². The van der Waals surface area contributed by atoms with E-state index < -0.39 is 0 Å². The first-order chi connectivity index (χ1) is 7.15. The van der Waals surface area contributed by atoms with E-state index in [2.05, 4.69) is 15.3 Å². The van der Waals surface area contributed by atoms with E-state index in [4.69, 9.17) is 5.73 Å². The summed E-state index contributed by atoms with van der Waals surface area (Å²) in [4.78, 5) is 21.2. The number of carbonyl (C=O) groups excluding carboxylic acids is 1. The van der Waals surface area contributed by atoms with Crippen LogP contribution < -0.4 is 16.0 Å². The van der Waals surface area contributed by atoms with Gasteiger partial charge in [0.2, 0.25) is 11.9 Å². The van der Waals surface area contributed by atoms with Crippen LogP contribution in [-0.4, -0.2) is 35.5 Å². The zero-order valence-corrected chi connectivity index (χ0v) is 8.53. The number of nitrogens with zero attached hydrogens (tertiary/aromatic N) is 3. The molecular formula is C9H13N5O. The summed E-state index contributed by atoms with van der Waals surface area (Å²) in [7, 11) is 0. The highest BCUT2D eigenvalue weighted by Gasteiger charge is 2.17. The Morgan fingerprint density at radius 1 is 1.53 bits per heavy atom. The number of hydrogen-bond donors (Lipinski definition) is 2. The molecule has 1 saturated heterocycles. The van der Waals surface area contributed by atoms with E-state index >= 15 is 0 Å². The molecule has 15 heavy (non-hydrogen) atoms. The Morgan fingerprint density at radius 3 is 3.00 bits per heavy atom. The van der Waals surface area contributed by atoms with Gasteiger partial charge in [0.15, 0.2) is 0 Å². The Kier molecular flexibility index (Phi) is 2.40. The number of nitrogen functional groups attached to an aromatic ring is 1. The van der Waals surface area contributed by atoms with Gasteiger partial charge in [-0.1, -0.05) is 0 Å². The lowest BCUT2D eigenvalue weighted by atomic mass is 10.3. The lowest BCUT2D eigenvalue weighted by molar-refractivity contribution is -0.120. The molecule has 0 aromatic carbocycles. The van der Waals surface area contributed by atoms with Crippen LogP contribution in [0.5, 0.6) is 0 Å². The second-order valence-corrected chi connectivity index (χ2v) is 3.50. The van der Waals surface area contributed by atoms with Crippen LogP contribution in [0.15, 0.2) is 6.07 Å². The summed E-state index contributed by atoms with van der Waals surface area (Å²) in [6.07, 6.45) is 0. The number of hydrogen-bond acceptors (Lipinski definition) is 5. The summed E-state index contributed by atoms with van der Waals surface area (Å²) in [5.41, 5.74) is 6.36. The highest BCUT2D eigenvalue weighted by atomic mass is 16.2. The van der Waals surface area contributed by atoms with Gasteiger partial charge < -0.3 is 16.0 Å². The molecule has 1 aromatic rings. The third kappa shape index (κ3) is 2.15. The SMILES string of the molecule is Cc1cc(N2CCNC(=O)C2)nc(N)n1. The molecule has 0 unspecified atom stereocenters. The van der Waals surface area contributed by atoms with Crippen molar-refractivity contribution in [3.63, 3.8) is 0 Å². The van der Waals surface area contributed by atoms with Crippen LogP contribution in [0.1, 0.15) is 5.69 Å². The summed E-state index contributed by atoms with van der Waals surface area (Å²) < 4.78 is 0. The maximum atomic E-state index is 11.2. The van der Waals surface area contributed by atoms with Crippen LogP contribution in [0, 0.1) is 6.92 Å². The number of carbonyl (C=O) groups is 1. The molecule has 1 aliphatic rings. The van der Waals surface area contributed by atoms with Crippen molar-refractivity contribution < 1.29 is 4.79 Å². The summed E-state index contributed by atoms with van der Waals surface area (Å²) in [5.74, 6) is 0.974. The minimum absolute atomic E-state index is 0.0103. The molecule has 1 aromatic heterocycles. The van der Waals surface area contributed by atoms with Gasteiger partial charge in [0.05, 0.1) is 6.54 Å². The predicted octanol–water partition coefficient (Wildman–Crippen LogP) is -0.697. The Hall–Kier alpha value is -1.85. The number of nitrogens with two attached hydrogens (primary N) is 1. The largest absolute Gasteiger partial charge is 0.368 e. The topological polar surface area (TPSA) is 84.1 Å². The minimum atomic E-state index is 0.0103. The maximum absolute atomic E-state index is 11.2. The maximum Gasteiger partial charge on any atom is 0.239 e. The van der Waals surface area contributed by atoms with Gasteiger partial charge >= 0.3 is 0 Å². The summed E-state index contributed by atoms with van der Waals surface area (Å²) in [6.45, 7) is 3.57. The van der Waals surface area contributed by atoms with Gasteiger partial charge in [-0.15, -0.1) is 0 Å². The first kappa shape index (κ1) is 9.70. The fourth-order valence-electron chi connectivity index (χ4n) is 1.57. The highest BCUT2D eigenvalue weighted by Crippen LogP contribution is 2.13. The van der Waals surface area contributed by atoms with Crippen molar-refractivity contribution in [2.24, 2.45) is 0 Å². The van der Waals surface area contributed by atoms with Crippen molar-refractivity contribution in [3.05, 3.63) is 11.8 Å². The van der Waals surface area contributed by atoms with Gasteiger partial charge in [-0.25, -0.2) is 4.98 Å². The molecule has 0 saturated carbocycles. The minimum Gasteiger partial charge on any atom is -0.368 e. The Morgan fingerprint density at radius 2 is 2.33 bits per heavy atom. The van der Waals surface area contributed by atoms with Crippen LogP contribution in [0.3, 0.4) is 0 Å². The fraction of sp³-hybridized carbons (Fsp3) is 0.444.